The van der Waals surface area contributed by atoms with Gasteiger partial charge in [-0.1, -0.05) is 12.1 Å². The van der Waals surface area contributed by atoms with Crippen molar-refractivity contribution < 1.29 is 4.39 Å². The molecule has 1 saturated heterocycles. The maximum atomic E-state index is 13.1. The first kappa shape index (κ1) is 15.5. The summed E-state index contributed by atoms with van der Waals surface area (Å²) in [4.78, 5) is 13.9. The van der Waals surface area contributed by atoms with Gasteiger partial charge in [-0.2, -0.15) is 0 Å². The normalized spacial score (nSPS) is 21.1. The summed E-state index contributed by atoms with van der Waals surface area (Å²) in [6.07, 6.45) is 5.99. The number of hydrogen-bond donors (Lipinski definition) is 0. The van der Waals surface area contributed by atoms with Crippen molar-refractivity contribution in [1.29, 1.82) is 0 Å². The van der Waals surface area contributed by atoms with Gasteiger partial charge in [-0.05, 0) is 44.0 Å². The molecule has 1 atom stereocenters. The molecule has 2 aliphatic heterocycles. The van der Waals surface area contributed by atoms with Crippen molar-refractivity contribution in [1.82, 2.24) is 14.9 Å². The van der Waals surface area contributed by atoms with E-state index >= 15 is 0 Å². The first-order valence-electron chi connectivity index (χ1n) is 8.73. The quantitative estimate of drug-likeness (QED) is 0.868. The minimum atomic E-state index is -0.171. The second-order valence-electron chi connectivity index (χ2n) is 6.93. The molecule has 4 rings (SSSR count). The Morgan fingerprint density at radius 2 is 2.00 bits per heavy atom. The zero-order valence-electron chi connectivity index (χ0n) is 14.1. The number of hydrogen-bond acceptors (Lipinski definition) is 4. The number of halogens is 1. The van der Waals surface area contributed by atoms with Gasteiger partial charge < -0.3 is 9.80 Å². The smallest absolute Gasteiger partial charge is 0.137 e. The van der Waals surface area contributed by atoms with E-state index in [0.29, 0.717) is 6.04 Å². The van der Waals surface area contributed by atoms with Crippen LogP contribution in [0.25, 0.3) is 0 Å². The summed E-state index contributed by atoms with van der Waals surface area (Å²) >= 11 is 0. The highest BCUT2D eigenvalue weighted by molar-refractivity contribution is 5.51. The van der Waals surface area contributed by atoms with Crippen molar-refractivity contribution in [2.24, 2.45) is 0 Å². The summed E-state index contributed by atoms with van der Waals surface area (Å²) in [6.45, 7) is 3.02. The topological polar surface area (TPSA) is 32.3 Å². The van der Waals surface area contributed by atoms with E-state index in [1.807, 2.05) is 12.1 Å². The summed E-state index contributed by atoms with van der Waals surface area (Å²) in [5.74, 6) is 0.936. The maximum absolute atomic E-state index is 13.1. The highest BCUT2D eigenvalue weighted by atomic mass is 19.1. The standard InChI is InChI=1S/C19H23FN4/c1-23-10-8-18-17(12-23)19(22-13-21-18)24-9-2-3-16(24)11-14-4-6-15(20)7-5-14/h4-7,13,16H,2-3,8-12H2,1H3/t16-/m1/s1. The van der Waals surface area contributed by atoms with Gasteiger partial charge in [0, 0.05) is 37.7 Å². The van der Waals surface area contributed by atoms with E-state index in [2.05, 4.69) is 26.8 Å². The molecule has 126 valence electrons. The van der Waals surface area contributed by atoms with Crippen molar-refractivity contribution in [3.8, 4) is 0 Å². The third kappa shape index (κ3) is 3.00. The van der Waals surface area contributed by atoms with Crippen molar-refractivity contribution in [3.63, 3.8) is 0 Å². The molecule has 0 bridgehead atoms. The van der Waals surface area contributed by atoms with E-state index in [9.17, 15) is 4.39 Å². The Hall–Kier alpha value is -2.01. The fourth-order valence-corrected chi connectivity index (χ4v) is 3.93. The summed E-state index contributed by atoms with van der Waals surface area (Å²) in [5.41, 5.74) is 3.68. The highest BCUT2D eigenvalue weighted by Crippen LogP contribution is 2.31. The van der Waals surface area contributed by atoms with Crippen molar-refractivity contribution in [3.05, 3.63) is 53.2 Å². The molecule has 0 N–H and O–H groups in total. The molecule has 0 saturated carbocycles. The largest absolute Gasteiger partial charge is 0.353 e. The minimum Gasteiger partial charge on any atom is -0.353 e. The highest BCUT2D eigenvalue weighted by Gasteiger charge is 2.30. The Bertz CT molecular complexity index is 716. The summed E-state index contributed by atoms with van der Waals surface area (Å²) in [5, 5.41) is 0. The Kier molecular flexibility index (Phi) is 4.19. The number of aromatic nitrogens is 2. The van der Waals surface area contributed by atoms with Gasteiger partial charge in [-0.15, -0.1) is 0 Å². The molecule has 0 radical (unpaired) electrons. The molecule has 0 unspecified atom stereocenters. The number of nitrogens with zero attached hydrogens (tertiary/aromatic N) is 4. The van der Waals surface area contributed by atoms with Gasteiger partial charge in [0.15, 0.2) is 0 Å². The number of likely N-dealkylation sites (N-methyl/N-ethyl adjacent to an activating group) is 1. The molecular formula is C19H23FN4. The zero-order chi connectivity index (χ0) is 16.5. The Labute approximate surface area is 142 Å². The minimum absolute atomic E-state index is 0.171. The lowest BCUT2D eigenvalue weighted by Gasteiger charge is -2.32. The molecule has 3 heterocycles. The molecule has 0 aliphatic carbocycles. The van der Waals surface area contributed by atoms with Crippen molar-refractivity contribution in [2.75, 3.05) is 25.0 Å². The Morgan fingerprint density at radius 1 is 1.17 bits per heavy atom. The van der Waals surface area contributed by atoms with Gasteiger partial charge in [0.2, 0.25) is 0 Å². The molecule has 2 aromatic rings. The van der Waals surface area contributed by atoms with Crippen LogP contribution < -0.4 is 4.90 Å². The first-order valence-corrected chi connectivity index (χ1v) is 8.73. The van der Waals surface area contributed by atoms with Crippen LogP contribution in [-0.2, 0) is 19.4 Å². The third-order valence-electron chi connectivity index (χ3n) is 5.20. The lowest BCUT2D eigenvalue weighted by Crippen LogP contribution is -2.35. The van der Waals surface area contributed by atoms with E-state index in [-0.39, 0.29) is 5.82 Å². The van der Waals surface area contributed by atoms with Crippen molar-refractivity contribution >= 4 is 5.82 Å². The van der Waals surface area contributed by atoms with Crippen LogP contribution in [0.15, 0.2) is 30.6 Å². The van der Waals surface area contributed by atoms with E-state index in [1.165, 1.54) is 23.2 Å². The van der Waals surface area contributed by atoms with E-state index in [0.717, 1.165) is 44.7 Å². The lowest BCUT2D eigenvalue weighted by molar-refractivity contribution is 0.309. The van der Waals surface area contributed by atoms with Gasteiger partial charge >= 0.3 is 0 Å². The summed E-state index contributed by atoms with van der Waals surface area (Å²) in [6, 6.07) is 7.33. The SMILES string of the molecule is CN1CCc2ncnc(N3CCC[C@@H]3Cc3ccc(F)cc3)c2C1. The molecule has 24 heavy (non-hydrogen) atoms. The molecule has 4 nitrogen and oxygen atoms in total. The fraction of sp³-hybridized carbons (Fsp3) is 0.474. The predicted octanol–water partition coefficient (Wildman–Crippen LogP) is 2.82. The Balaban J connectivity index is 1.60. The van der Waals surface area contributed by atoms with E-state index in [1.54, 1.807) is 18.5 Å². The summed E-state index contributed by atoms with van der Waals surface area (Å²) < 4.78 is 13.1. The van der Waals surface area contributed by atoms with Gasteiger partial charge in [0.05, 0.1) is 5.69 Å². The van der Waals surface area contributed by atoms with Crippen molar-refractivity contribution in [2.45, 2.75) is 38.3 Å². The van der Waals surface area contributed by atoms with Gasteiger partial charge in [0.1, 0.15) is 18.0 Å². The summed E-state index contributed by atoms with van der Waals surface area (Å²) in [7, 11) is 2.15. The molecule has 1 aromatic heterocycles. The first-order chi connectivity index (χ1) is 11.7. The predicted molar refractivity (Wildman–Crippen MR) is 92.5 cm³/mol. The maximum Gasteiger partial charge on any atom is 0.137 e. The van der Waals surface area contributed by atoms with Crippen LogP contribution in [0, 0.1) is 5.82 Å². The fourth-order valence-electron chi connectivity index (χ4n) is 3.93. The molecule has 5 heteroatoms. The average molecular weight is 326 g/mol. The second-order valence-corrected chi connectivity index (χ2v) is 6.93. The Morgan fingerprint density at radius 3 is 2.83 bits per heavy atom. The van der Waals surface area contributed by atoms with Gasteiger partial charge in [-0.3, -0.25) is 0 Å². The van der Waals surface area contributed by atoms with Gasteiger partial charge in [-0.25, -0.2) is 14.4 Å². The van der Waals surface area contributed by atoms with Crippen LogP contribution >= 0.6 is 0 Å². The zero-order valence-corrected chi connectivity index (χ0v) is 14.1. The van der Waals surface area contributed by atoms with E-state index in [4.69, 9.17) is 0 Å². The molecule has 1 aromatic carbocycles. The van der Waals surface area contributed by atoms with Crippen LogP contribution in [0.3, 0.4) is 0 Å². The average Bonchev–Trinajstić information content (AvgIpc) is 3.04. The number of anilines is 1. The van der Waals surface area contributed by atoms with Crippen LogP contribution in [-0.4, -0.2) is 41.0 Å². The van der Waals surface area contributed by atoms with Crippen LogP contribution in [0.4, 0.5) is 10.2 Å². The van der Waals surface area contributed by atoms with Crippen LogP contribution in [0.1, 0.15) is 29.7 Å². The van der Waals surface area contributed by atoms with E-state index < -0.39 is 0 Å². The van der Waals surface area contributed by atoms with Gasteiger partial charge in [0.25, 0.3) is 0 Å². The second kappa shape index (κ2) is 6.48. The molecule has 0 amide bonds. The third-order valence-corrected chi connectivity index (χ3v) is 5.20. The molecular weight excluding hydrogens is 303 g/mol. The molecule has 0 spiro atoms. The lowest BCUT2D eigenvalue weighted by atomic mass is 10.0. The van der Waals surface area contributed by atoms with Crippen LogP contribution in [0.5, 0.6) is 0 Å². The monoisotopic (exact) mass is 326 g/mol. The number of rotatable bonds is 3. The number of benzene rings is 1. The van der Waals surface area contributed by atoms with Crippen LogP contribution in [0.2, 0.25) is 0 Å². The molecule has 2 aliphatic rings. The molecule has 1 fully saturated rings. The number of fused-ring (bicyclic) bond motifs is 1.